The first-order valence-electron chi connectivity index (χ1n) is 5.57. The second-order valence-corrected chi connectivity index (χ2v) is 4.11. The van der Waals surface area contributed by atoms with Crippen LogP contribution in [0.5, 0.6) is 0 Å². The van der Waals surface area contributed by atoms with Crippen molar-refractivity contribution >= 4 is 22.8 Å². The zero-order valence-electron chi connectivity index (χ0n) is 10.4. The van der Waals surface area contributed by atoms with Gasteiger partial charge >= 0.3 is 11.9 Å². The maximum atomic E-state index is 13.2. The lowest BCUT2D eigenvalue weighted by Crippen LogP contribution is -2.21. The maximum Gasteiger partial charge on any atom is 0.352 e. The number of carbonyl (C=O) groups is 2. The predicted molar refractivity (Wildman–Crippen MR) is 65.6 cm³/mol. The zero-order valence-corrected chi connectivity index (χ0v) is 10.4. The fourth-order valence-corrected chi connectivity index (χ4v) is 2.06. The minimum absolute atomic E-state index is 0.0847. The molecule has 2 aromatic rings. The van der Waals surface area contributed by atoms with Crippen LogP contribution in [0.4, 0.5) is 4.39 Å². The first-order valence-corrected chi connectivity index (χ1v) is 5.57. The van der Waals surface area contributed by atoms with E-state index in [0.29, 0.717) is 10.9 Å². The topological polar surface area (TPSA) is 68.5 Å². The van der Waals surface area contributed by atoms with Crippen LogP contribution in [0.3, 0.4) is 0 Å². The SMILES string of the molecule is COC(=O)[C@H](C)n1c(C(=O)O)cc2cc(F)ccc21. The van der Waals surface area contributed by atoms with Gasteiger partial charge in [0.1, 0.15) is 17.6 Å². The normalized spacial score (nSPS) is 12.4. The number of ether oxygens (including phenoxy) is 1. The Balaban J connectivity index is 2.72. The summed E-state index contributed by atoms with van der Waals surface area (Å²) < 4.78 is 19.1. The summed E-state index contributed by atoms with van der Waals surface area (Å²) >= 11 is 0. The molecule has 1 aromatic carbocycles. The second-order valence-electron chi connectivity index (χ2n) is 4.11. The van der Waals surface area contributed by atoms with Crippen LogP contribution in [0.1, 0.15) is 23.5 Å². The number of rotatable bonds is 3. The first kappa shape index (κ1) is 13.1. The molecule has 0 aliphatic rings. The van der Waals surface area contributed by atoms with Crippen molar-refractivity contribution in [3.63, 3.8) is 0 Å². The third-order valence-electron chi connectivity index (χ3n) is 2.95. The van der Waals surface area contributed by atoms with Gasteiger partial charge in [0.05, 0.1) is 7.11 Å². The van der Waals surface area contributed by atoms with Crippen molar-refractivity contribution in [1.29, 1.82) is 0 Å². The van der Waals surface area contributed by atoms with Crippen LogP contribution >= 0.6 is 0 Å². The van der Waals surface area contributed by atoms with Crippen molar-refractivity contribution < 1.29 is 23.8 Å². The summed E-state index contributed by atoms with van der Waals surface area (Å²) in [7, 11) is 1.23. The van der Waals surface area contributed by atoms with Crippen molar-refractivity contribution in [2.75, 3.05) is 7.11 Å². The van der Waals surface area contributed by atoms with Crippen LogP contribution < -0.4 is 0 Å². The van der Waals surface area contributed by atoms with Crippen LogP contribution in [-0.2, 0) is 9.53 Å². The standard InChI is InChI=1S/C13H12FNO4/c1-7(13(18)19-2)15-10-4-3-9(14)5-8(10)6-11(15)12(16)17/h3-7H,1-2H3,(H,16,17)/t7-/m0/s1. The molecule has 0 saturated heterocycles. The summed E-state index contributed by atoms with van der Waals surface area (Å²) in [4.78, 5) is 22.8. The monoisotopic (exact) mass is 265 g/mol. The minimum Gasteiger partial charge on any atom is -0.477 e. The number of carboxylic acids is 1. The molecule has 1 atom stereocenters. The fourth-order valence-electron chi connectivity index (χ4n) is 2.06. The van der Waals surface area contributed by atoms with Gasteiger partial charge in [0, 0.05) is 10.9 Å². The van der Waals surface area contributed by atoms with Crippen molar-refractivity contribution in [2.45, 2.75) is 13.0 Å². The second kappa shape index (κ2) is 4.72. The molecule has 1 heterocycles. The number of hydrogen-bond acceptors (Lipinski definition) is 3. The Morgan fingerprint density at radius 2 is 2.05 bits per heavy atom. The highest BCUT2D eigenvalue weighted by Crippen LogP contribution is 2.25. The molecule has 0 spiro atoms. The van der Waals surface area contributed by atoms with E-state index < -0.39 is 23.8 Å². The van der Waals surface area contributed by atoms with Gasteiger partial charge in [0.2, 0.25) is 0 Å². The Kier molecular flexibility index (Phi) is 3.25. The van der Waals surface area contributed by atoms with Crippen molar-refractivity contribution in [3.8, 4) is 0 Å². The smallest absolute Gasteiger partial charge is 0.352 e. The number of aromatic nitrogens is 1. The van der Waals surface area contributed by atoms with E-state index in [0.717, 1.165) is 0 Å². The number of fused-ring (bicyclic) bond motifs is 1. The molecule has 0 unspecified atom stereocenters. The molecule has 0 aliphatic heterocycles. The number of nitrogens with zero attached hydrogens (tertiary/aromatic N) is 1. The van der Waals surface area contributed by atoms with Crippen LogP contribution in [0, 0.1) is 5.82 Å². The maximum absolute atomic E-state index is 13.2. The third kappa shape index (κ3) is 2.16. The number of hydrogen-bond donors (Lipinski definition) is 1. The highest BCUT2D eigenvalue weighted by Gasteiger charge is 2.24. The van der Waals surface area contributed by atoms with Crippen LogP contribution in [-0.4, -0.2) is 28.7 Å². The van der Waals surface area contributed by atoms with Gasteiger partial charge in [-0.3, -0.25) is 0 Å². The van der Waals surface area contributed by atoms with Gasteiger partial charge in [-0.2, -0.15) is 0 Å². The molecule has 0 saturated carbocycles. The Bertz CT molecular complexity index is 662. The molecule has 6 heteroatoms. The molecule has 5 nitrogen and oxygen atoms in total. The third-order valence-corrected chi connectivity index (χ3v) is 2.95. The highest BCUT2D eigenvalue weighted by atomic mass is 19.1. The first-order chi connectivity index (χ1) is 8.95. The van der Waals surface area contributed by atoms with Crippen molar-refractivity contribution in [2.24, 2.45) is 0 Å². The van der Waals surface area contributed by atoms with E-state index in [1.54, 1.807) is 0 Å². The van der Waals surface area contributed by atoms with Crippen LogP contribution in [0.15, 0.2) is 24.3 Å². The Morgan fingerprint density at radius 1 is 1.37 bits per heavy atom. The van der Waals surface area contributed by atoms with Gasteiger partial charge < -0.3 is 14.4 Å². The van der Waals surface area contributed by atoms with E-state index >= 15 is 0 Å². The van der Waals surface area contributed by atoms with E-state index in [-0.39, 0.29) is 5.69 Å². The van der Waals surface area contributed by atoms with Crippen LogP contribution in [0.2, 0.25) is 0 Å². The van der Waals surface area contributed by atoms with Gasteiger partial charge in [0.25, 0.3) is 0 Å². The van der Waals surface area contributed by atoms with Crippen molar-refractivity contribution in [1.82, 2.24) is 4.57 Å². The molecule has 0 bridgehead atoms. The van der Waals surface area contributed by atoms with Crippen molar-refractivity contribution in [3.05, 3.63) is 35.8 Å². The number of esters is 1. The lowest BCUT2D eigenvalue weighted by Gasteiger charge is -2.14. The molecule has 2 rings (SSSR count). The zero-order chi connectivity index (χ0) is 14.2. The molecule has 0 radical (unpaired) electrons. The molecule has 0 amide bonds. The highest BCUT2D eigenvalue weighted by molar-refractivity contribution is 5.96. The summed E-state index contributed by atoms with van der Waals surface area (Å²) in [5, 5.41) is 9.60. The van der Waals surface area contributed by atoms with Gasteiger partial charge in [-0.25, -0.2) is 14.0 Å². The molecular formula is C13H12FNO4. The molecule has 0 aliphatic carbocycles. The van der Waals surface area contributed by atoms with Gasteiger partial charge in [-0.05, 0) is 31.2 Å². The summed E-state index contributed by atoms with van der Waals surface area (Å²) in [5.41, 5.74) is 0.384. The van der Waals surface area contributed by atoms with E-state index in [1.165, 1.54) is 42.9 Å². The quantitative estimate of drug-likeness (QED) is 0.864. The minimum atomic E-state index is -1.19. The van der Waals surface area contributed by atoms with E-state index in [2.05, 4.69) is 4.74 Å². The Morgan fingerprint density at radius 3 is 2.63 bits per heavy atom. The van der Waals surface area contributed by atoms with Crippen LogP contribution in [0.25, 0.3) is 10.9 Å². The summed E-state index contributed by atoms with van der Waals surface area (Å²) in [5.74, 6) is -2.22. The largest absolute Gasteiger partial charge is 0.477 e. The average Bonchev–Trinajstić information content (AvgIpc) is 2.75. The van der Waals surface area contributed by atoms with Gasteiger partial charge in [-0.1, -0.05) is 0 Å². The number of carboxylic acid groups (broad SMARTS) is 1. The van der Waals surface area contributed by atoms with Gasteiger partial charge in [-0.15, -0.1) is 0 Å². The number of aromatic carboxylic acids is 1. The predicted octanol–water partition coefficient (Wildman–Crippen LogP) is 2.21. The summed E-state index contributed by atoms with van der Waals surface area (Å²) in [6, 6.07) is 4.41. The molecule has 100 valence electrons. The van der Waals surface area contributed by atoms with E-state index in [1.807, 2.05) is 0 Å². The lowest BCUT2D eigenvalue weighted by atomic mass is 10.2. The number of benzene rings is 1. The van der Waals surface area contributed by atoms with Gasteiger partial charge in [0.15, 0.2) is 0 Å². The van der Waals surface area contributed by atoms with E-state index in [9.17, 15) is 19.1 Å². The van der Waals surface area contributed by atoms with E-state index in [4.69, 9.17) is 0 Å². The molecule has 1 N–H and O–H groups in total. The Labute approximate surface area is 108 Å². The number of halogens is 1. The number of carbonyl (C=O) groups excluding carboxylic acids is 1. The fraction of sp³-hybridized carbons (Fsp3) is 0.231. The molecule has 0 fully saturated rings. The molecular weight excluding hydrogens is 253 g/mol. The molecule has 1 aromatic heterocycles. The summed E-state index contributed by atoms with van der Waals surface area (Å²) in [6.45, 7) is 1.53. The lowest BCUT2D eigenvalue weighted by molar-refractivity contribution is -0.143. The average molecular weight is 265 g/mol. The molecule has 19 heavy (non-hydrogen) atoms. The summed E-state index contributed by atoms with van der Waals surface area (Å²) in [6.07, 6.45) is 0. The Hall–Kier alpha value is -2.37. The number of methoxy groups -OCH3 is 1.